The van der Waals surface area contributed by atoms with Crippen LogP contribution < -0.4 is 5.73 Å². The van der Waals surface area contributed by atoms with Gasteiger partial charge in [-0.15, -0.1) is 0 Å². The number of benzene rings is 1. The van der Waals surface area contributed by atoms with E-state index in [4.69, 9.17) is 5.73 Å². The van der Waals surface area contributed by atoms with Gasteiger partial charge in [-0.05, 0) is 43.2 Å². The van der Waals surface area contributed by atoms with E-state index in [2.05, 4.69) is 16.1 Å². The molecular formula is C16H21FN4. The van der Waals surface area contributed by atoms with Crippen molar-refractivity contribution >= 4 is 0 Å². The lowest BCUT2D eigenvalue weighted by Crippen LogP contribution is -2.39. The fourth-order valence-corrected chi connectivity index (χ4v) is 2.76. The summed E-state index contributed by atoms with van der Waals surface area (Å²) in [6, 6.07) is 8.90. The summed E-state index contributed by atoms with van der Waals surface area (Å²) in [6.07, 6.45) is 2.12. The first kappa shape index (κ1) is 14.2. The normalized spacial score (nSPS) is 17.3. The number of nitrogens with zero attached hydrogens (tertiary/aromatic N) is 3. The van der Waals surface area contributed by atoms with Crippen molar-refractivity contribution in [2.75, 3.05) is 13.1 Å². The Hall–Kier alpha value is -1.72. The molecule has 1 aliphatic heterocycles. The molecule has 0 amide bonds. The Balaban J connectivity index is 1.73. The summed E-state index contributed by atoms with van der Waals surface area (Å²) in [5.41, 5.74) is 8.94. The van der Waals surface area contributed by atoms with Gasteiger partial charge in [0.15, 0.2) is 0 Å². The minimum absolute atomic E-state index is 0.223. The molecule has 0 aliphatic carbocycles. The number of hydrogen-bond donors (Lipinski definition) is 1. The van der Waals surface area contributed by atoms with Crippen molar-refractivity contribution in [2.45, 2.75) is 25.4 Å². The van der Waals surface area contributed by atoms with Gasteiger partial charge in [-0.2, -0.15) is 5.10 Å². The van der Waals surface area contributed by atoms with E-state index in [1.54, 1.807) is 12.1 Å². The van der Waals surface area contributed by atoms with Gasteiger partial charge in [-0.3, -0.25) is 9.58 Å². The molecule has 0 unspecified atom stereocenters. The van der Waals surface area contributed by atoms with Gasteiger partial charge in [0, 0.05) is 38.3 Å². The molecule has 0 radical (unpaired) electrons. The van der Waals surface area contributed by atoms with Gasteiger partial charge < -0.3 is 5.73 Å². The SMILES string of the molecule is Cn1nc(-c2ccc(F)cc2)cc1CN1CCC(N)CC1. The van der Waals surface area contributed by atoms with Gasteiger partial charge in [0.05, 0.1) is 11.4 Å². The third-order valence-electron chi connectivity index (χ3n) is 4.13. The monoisotopic (exact) mass is 288 g/mol. The average molecular weight is 288 g/mol. The van der Waals surface area contributed by atoms with Crippen LogP contribution in [0.15, 0.2) is 30.3 Å². The summed E-state index contributed by atoms with van der Waals surface area (Å²) < 4.78 is 14.9. The Morgan fingerprint density at radius 1 is 1.24 bits per heavy atom. The van der Waals surface area contributed by atoms with E-state index in [1.807, 2.05) is 11.7 Å². The van der Waals surface area contributed by atoms with Crippen LogP contribution in [0.3, 0.4) is 0 Å². The lowest BCUT2D eigenvalue weighted by atomic mass is 10.1. The quantitative estimate of drug-likeness (QED) is 0.941. The standard InChI is InChI=1S/C16H21FN4/c1-20-15(11-21-8-6-14(18)7-9-21)10-16(19-20)12-2-4-13(17)5-3-12/h2-5,10,14H,6-9,11,18H2,1H3. The maximum atomic E-state index is 13.0. The number of hydrogen-bond acceptors (Lipinski definition) is 3. The molecule has 2 heterocycles. The summed E-state index contributed by atoms with van der Waals surface area (Å²) in [7, 11) is 1.96. The number of halogens is 1. The molecule has 112 valence electrons. The number of rotatable bonds is 3. The lowest BCUT2D eigenvalue weighted by molar-refractivity contribution is 0.201. The smallest absolute Gasteiger partial charge is 0.123 e. The molecule has 0 spiro atoms. The van der Waals surface area contributed by atoms with Crippen molar-refractivity contribution in [3.8, 4) is 11.3 Å². The average Bonchev–Trinajstić information content (AvgIpc) is 2.83. The van der Waals surface area contributed by atoms with E-state index < -0.39 is 0 Å². The van der Waals surface area contributed by atoms with Crippen molar-refractivity contribution in [3.05, 3.63) is 41.8 Å². The molecule has 2 N–H and O–H groups in total. The molecule has 1 aromatic heterocycles. The third kappa shape index (κ3) is 3.31. The van der Waals surface area contributed by atoms with Gasteiger partial charge >= 0.3 is 0 Å². The zero-order chi connectivity index (χ0) is 14.8. The maximum absolute atomic E-state index is 13.0. The van der Waals surface area contributed by atoms with Crippen LogP contribution in [0.4, 0.5) is 4.39 Å². The Labute approximate surface area is 124 Å². The van der Waals surface area contributed by atoms with Crippen LogP contribution in [-0.4, -0.2) is 33.8 Å². The number of nitrogens with two attached hydrogens (primary N) is 1. The Morgan fingerprint density at radius 2 is 1.90 bits per heavy atom. The summed E-state index contributed by atoms with van der Waals surface area (Å²) in [4.78, 5) is 2.41. The van der Waals surface area contributed by atoms with E-state index in [1.165, 1.54) is 17.8 Å². The first-order valence-electron chi connectivity index (χ1n) is 7.38. The molecule has 2 aromatic rings. The molecule has 3 rings (SSSR count). The Kier molecular flexibility index (Phi) is 4.03. The van der Waals surface area contributed by atoms with Crippen LogP contribution in [-0.2, 0) is 13.6 Å². The van der Waals surface area contributed by atoms with E-state index >= 15 is 0 Å². The molecular weight excluding hydrogens is 267 g/mol. The predicted molar refractivity (Wildman–Crippen MR) is 81.1 cm³/mol. The number of aryl methyl sites for hydroxylation is 1. The van der Waals surface area contributed by atoms with Crippen molar-refractivity contribution in [2.24, 2.45) is 12.8 Å². The van der Waals surface area contributed by atoms with Crippen LogP contribution in [0, 0.1) is 5.82 Å². The minimum atomic E-state index is -0.223. The molecule has 1 saturated heterocycles. The van der Waals surface area contributed by atoms with Gasteiger partial charge in [-0.1, -0.05) is 0 Å². The second kappa shape index (κ2) is 5.95. The van der Waals surface area contributed by atoms with E-state index in [0.717, 1.165) is 43.7 Å². The molecule has 5 heteroatoms. The van der Waals surface area contributed by atoms with Crippen molar-refractivity contribution < 1.29 is 4.39 Å². The van der Waals surface area contributed by atoms with Crippen LogP contribution in [0.25, 0.3) is 11.3 Å². The number of likely N-dealkylation sites (tertiary alicyclic amines) is 1. The van der Waals surface area contributed by atoms with Gasteiger partial charge in [0.2, 0.25) is 0 Å². The Bertz CT molecular complexity index is 597. The van der Waals surface area contributed by atoms with Crippen LogP contribution in [0.5, 0.6) is 0 Å². The van der Waals surface area contributed by atoms with Gasteiger partial charge in [0.1, 0.15) is 5.82 Å². The summed E-state index contributed by atoms with van der Waals surface area (Å²) in [6.45, 7) is 2.97. The molecule has 1 aliphatic rings. The lowest BCUT2D eigenvalue weighted by Gasteiger charge is -2.29. The summed E-state index contributed by atoms with van der Waals surface area (Å²) in [5, 5.41) is 4.53. The van der Waals surface area contributed by atoms with Crippen LogP contribution >= 0.6 is 0 Å². The molecule has 4 nitrogen and oxygen atoms in total. The molecule has 21 heavy (non-hydrogen) atoms. The largest absolute Gasteiger partial charge is 0.328 e. The van der Waals surface area contributed by atoms with Crippen LogP contribution in [0.2, 0.25) is 0 Å². The van der Waals surface area contributed by atoms with Crippen molar-refractivity contribution in [3.63, 3.8) is 0 Å². The maximum Gasteiger partial charge on any atom is 0.123 e. The van der Waals surface area contributed by atoms with E-state index in [0.29, 0.717) is 6.04 Å². The summed E-state index contributed by atoms with van der Waals surface area (Å²) in [5.74, 6) is -0.223. The molecule has 0 bridgehead atoms. The molecule has 1 aromatic carbocycles. The van der Waals surface area contributed by atoms with Crippen LogP contribution in [0.1, 0.15) is 18.5 Å². The highest BCUT2D eigenvalue weighted by Crippen LogP contribution is 2.21. The first-order chi connectivity index (χ1) is 10.1. The highest BCUT2D eigenvalue weighted by atomic mass is 19.1. The molecule has 1 fully saturated rings. The minimum Gasteiger partial charge on any atom is -0.328 e. The van der Waals surface area contributed by atoms with Gasteiger partial charge in [0.25, 0.3) is 0 Å². The topological polar surface area (TPSA) is 47.1 Å². The predicted octanol–water partition coefficient (Wildman–Crippen LogP) is 2.15. The second-order valence-electron chi connectivity index (χ2n) is 5.76. The molecule has 0 atom stereocenters. The van der Waals surface area contributed by atoms with E-state index in [-0.39, 0.29) is 5.82 Å². The number of aromatic nitrogens is 2. The molecule has 0 saturated carbocycles. The second-order valence-corrected chi connectivity index (χ2v) is 5.76. The van der Waals surface area contributed by atoms with Crippen molar-refractivity contribution in [1.82, 2.24) is 14.7 Å². The van der Waals surface area contributed by atoms with Gasteiger partial charge in [-0.25, -0.2) is 4.39 Å². The zero-order valence-electron chi connectivity index (χ0n) is 12.3. The van der Waals surface area contributed by atoms with Crippen molar-refractivity contribution in [1.29, 1.82) is 0 Å². The Morgan fingerprint density at radius 3 is 2.57 bits per heavy atom. The highest BCUT2D eigenvalue weighted by molar-refractivity contribution is 5.59. The third-order valence-corrected chi connectivity index (χ3v) is 4.13. The highest BCUT2D eigenvalue weighted by Gasteiger charge is 2.17. The fourth-order valence-electron chi connectivity index (χ4n) is 2.76. The number of piperidine rings is 1. The van der Waals surface area contributed by atoms with E-state index in [9.17, 15) is 4.39 Å². The fraction of sp³-hybridized carbons (Fsp3) is 0.438. The zero-order valence-corrected chi connectivity index (χ0v) is 12.3. The first-order valence-corrected chi connectivity index (χ1v) is 7.38. The summed E-state index contributed by atoms with van der Waals surface area (Å²) >= 11 is 0.